The number of nitrogens with one attached hydrogen (secondary N) is 1. The van der Waals surface area contributed by atoms with Crippen molar-refractivity contribution in [2.45, 2.75) is 87.5 Å². The van der Waals surface area contributed by atoms with Crippen LogP contribution in [-0.4, -0.2) is 130 Å². The van der Waals surface area contributed by atoms with E-state index in [1.165, 1.54) is 6.92 Å². The maximum atomic E-state index is 11.9. The summed E-state index contributed by atoms with van der Waals surface area (Å²) in [6, 6.07) is -1.04. The van der Waals surface area contributed by atoms with Gasteiger partial charge in [-0.05, 0) is 24.9 Å². The van der Waals surface area contributed by atoms with Gasteiger partial charge in [-0.2, -0.15) is 11.8 Å². The van der Waals surface area contributed by atoms with Crippen molar-refractivity contribution >= 4 is 17.7 Å². The quantitative estimate of drug-likeness (QED) is 0.138. The molecule has 0 aliphatic carbocycles. The Morgan fingerprint density at radius 3 is 2.15 bits per heavy atom. The van der Waals surface area contributed by atoms with Gasteiger partial charge in [0.15, 0.2) is 12.6 Å². The molecule has 4 unspecified atom stereocenters. The van der Waals surface area contributed by atoms with Gasteiger partial charge in [0.2, 0.25) is 5.91 Å². The molecule has 194 valence electrons. The first-order valence-corrected chi connectivity index (χ1v) is 12.4. The number of hydrogen-bond acceptors (Lipinski definition) is 12. The first kappa shape index (κ1) is 28.7. The van der Waals surface area contributed by atoms with Gasteiger partial charge >= 0.3 is 0 Å². The van der Waals surface area contributed by atoms with Crippen molar-refractivity contribution in [3.8, 4) is 0 Å². The molecule has 0 spiro atoms. The second kappa shape index (κ2) is 14.1. The maximum absolute atomic E-state index is 11.9. The first-order valence-electron chi connectivity index (χ1n) is 11.0. The molecule has 2 aliphatic rings. The number of carbonyl (C=O) groups excluding carboxylic acids is 1. The third-order valence-electron chi connectivity index (χ3n) is 5.64. The summed E-state index contributed by atoms with van der Waals surface area (Å²) in [6.07, 6.45) is -7.96. The van der Waals surface area contributed by atoms with Crippen molar-refractivity contribution in [3.05, 3.63) is 0 Å². The molecule has 2 fully saturated rings. The van der Waals surface area contributed by atoms with Crippen LogP contribution in [0.5, 0.6) is 0 Å². The molecule has 2 heterocycles. The van der Waals surface area contributed by atoms with Gasteiger partial charge in [0, 0.05) is 13.5 Å². The highest BCUT2D eigenvalue weighted by Crippen LogP contribution is 2.29. The Morgan fingerprint density at radius 1 is 0.909 bits per heavy atom. The molecule has 0 saturated carbocycles. The lowest BCUT2D eigenvalue weighted by molar-refractivity contribution is -0.344. The molecule has 13 heteroatoms. The van der Waals surface area contributed by atoms with E-state index in [-0.39, 0.29) is 0 Å². The highest BCUT2D eigenvalue weighted by Gasteiger charge is 2.51. The summed E-state index contributed by atoms with van der Waals surface area (Å²) in [6.45, 7) is 0.332. The van der Waals surface area contributed by atoms with E-state index in [1.54, 1.807) is 11.8 Å². The summed E-state index contributed by atoms with van der Waals surface area (Å²) in [5, 5.41) is 62.7. The van der Waals surface area contributed by atoms with Crippen LogP contribution in [0.2, 0.25) is 0 Å². The Labute approximate surface area is 197 Å². The fourth-order valence-corrected chi connectivity index (χ4v) is 4.31. The standard InChI is InChI=1S/C20H37NO11S/c1-10(24)21-13-18(32-20-17(28)16(27)14(25)11(8-22)31-20)15(26)12(9-23)30-19(13)29-6-4-3-5-7-33-2/h11-20,22-23,25-28H,3-9H2,1-2H3,(H,21,24)/t11?,12?,13?,14-,15-,16-,17?,18+,19-,20-/m0/s1. The van der Waals surface area contributed by atoms with Gasteiger partial charge in [0.25, 0.3) is 0 Å². The molecule has 0 aromatic rings. The minimum absolute atomic E-state index is 0.302. The number of thioether (sulfide) groups is 1. The lowest BCUT2D eigenvalue weighted by Crippen LogP contribution is -2.68. The molecule has 2 saturated heterocycles. The molecule has 33 heavy (non-hydrogen) atoms. The van der Waals surface area contributed by atoms with Crippen molar-refractivity contribution in [2.24, 2.45) is 0 Å². The smallest absolute Gasteiger partial charge is 0.217 e. The summed E-state index contributed by atoms with van der Waals surface area (Å²) in [5.74, 6) is 0.566. The van der Waals surface area contributed by atoms with Crippen molar-refractivity contribution in [2.75, 3.05) is 31.8 Å². The molecule has 2 rings (SSSR count). The Hall–Kier alpha value is -0.580. The number of ether oxygens (including phenoxy) is 4. The Balaban J connectivity index is 2.16. The third-order valence-corrected chi connectivity index (χ3v) is 6.34. The molecular formula is C20H37NO11S. The highest BCUT2D eigenvalue weighted by molar-refractivity contribution is 7.98. The summed E-state index contributed by atoms with van der Waals surface area (Å²) < 4.78 is 22.6. The largest absolute Gasteiger partial charge is 0.394 e. The van der Waals surface area contributed by atoms with E-state index in [0.717, 1.165) is 25.0 Å². The predicted molar refractivity (Wildman–Crippen MR) is 116 cm³/mol. The van der Waals surface area contributed by atoms with Crippen molar-refractivity contribution in [1.82, 2.24) is 5.32 Å². The van der Waals surface area contributed by atoms with Crippen LogP contribution in [0, 0.1) is 0 Å². The lowest BCUT2D eigenvalue weighted by Gasteiger charge is -2.47. The molecular weight excluding hydrogens is 462 g/mol. The zero-order chi connectivity index (χ0) is 24.5. The van der Waals surface area contributed by atoms with Crippen LogP contribution < -0.4 is 5.32 Å². The van der Waals surface area contributed by atoms with Crippen LogP contribution in [0.25, 0.3) is 0 Å². The van der Waals surface area contributed by atoms with Gasteiger partial charge in [-0.15, -0.1) is 0 Å². The van der Waals surface area contributed by atoms with E-state index < -0.39 is 80.5 Å². The summed E-state index contributed by atoms with van der Waals surface area (Å²) in [7, 11) is 0. The number of aliphatic hydroxyl groups excluding tert-OH is 6. The van der Waals surface area contributed by atoms with E-state index in [1.807, 2.05) is 6.26 Å². The fraction of sp³-hybridized carbons (Fsp3) is 0.950. The molecule has 1 amide bonds. The Morgan fingerprint density at radius 2 is 1.55 bits per heavy atom. The number of unbranched alkanes of at least 4 members (excludes halogenated alkanes) is 2. The topological polar surface area (TPSA) is 187 Å². The van der Waals surface area contributed by atoms with E-state index in [0.29, 0.717) is 6.61 Å². The highest BCUT2D eigenvalue weighted by atomic mass is 32.2. The average Bonchev–Trinajstić information content (AvgIpc) is 2.79. The van der Waals surface area contributed by atoms with Crippen LogP contribution in [0.4, 0.5) is 0 Å². The van der Waals surface area contributed by atoms with Crippen molar-refractivity contribution < 1.29 is 54.4 Å². The molecule has 2 aliphatic heterocycles. The minimum atomic E-state index is -1.71. The zero-order valence-electron chi connectivity index (χ0n) is 18.9. The second-order valence-electron chi connectivity index (χ2n) is 8.16. The normalized spacial score (nSPS) is 39.4. The molecule has 12 nitrogen and oxygen atoms in total. The number of aliphatic hydroxyl groups is 6. The van der Waals surface area contributed by atoms with Crippen LogP contribution >= 0.6 is 11.8 Å². The van der Waals surface area contributed by atoms with Crippen LogP contribution in [0.3, 0.4) is 0 Å². The van der Waals surface area contributed by atoms with Gasteiger partial charge in [0.1, 0.15) is 48.8 Å². The van der Waals surface area contributed by atoms with E-state index in [4.69, 9.17) is 18.9 Å². The molecule has 7 N–H and O–H groups in total. The minimum Gasteiger partial charge on any atom is -0.394 e. The van der Waals surface area contributed by atoms with E-state index in [9.17, 15) is 35.4 Å². The maximum Gasteiger partial charge on any atom is 0.217 e. The number of carbonyl (C=O) groups is 1. The summed E-state index contributed by atoms with van der Waals surface area (Å²) in [5.41, 5.74) is 0. The number of rotatable bonds is 12. The number of hydrogen-bond donors (Lipinski definition) is 7. The van der Waals surface area contributed by atoms with Gasteiger partial charge in [-0.25, -0.2) is 0 Å². The molecule has 0 aromatic heterocycles. The summed E-state index contributed by atoms with van der Waals surface area (Å²) in [4.78, 5) is 11.9. The SMILES string of the molecule is CSCCCCCO[C@H]1OC(CO)[C@H](O)[C@H](O[C@@H]2OC(CO)[C@H](O)[C@H](O)C2O)C1NC(C)=O. The van der Waals surface area contributed by atoms with Crippen LogP contribution in [0.1, 0.15) is 26.2 Å². The van der Waals surface area contributed by atoms with Gasteiger partial charge in [-0.1, -0.05) is 6.42 Å². The lowest BCUT2D eigenvalue weighted by atomic mass is 9.95. The van der Waals surface area contributed by atoms with Gasteiger partial charge < -0.3 is 54.9 Å². The molecule has 0 radical (unpaired) electrons. The van der Waals surface area contributed by atoms with Gasteiger partial charge in [0.05, 0.1) is 13.2 Å². The monoisotopic (exact) mass is 499 g/mol. The Bertz CT molecular complexity index is 586. The predicted octanol–water partition coefficient (Wildman–Crippen LogP) is -2.70. The van der Waals surface area contributed by atoms with Crippen molar-refractivity contribution in [1.29, 1.82) is 0 Å². The van der Waals surface area contributed by atoms with Crippen LogP contribution in [-0.2, 0) is 23.7 Å². The molecule has 0 aromatic carbocycles. The number of amides is 1. The third kappa shape index (κ3) is 7.70. The van der Waals surface area contributed by atoms with Crippen molar-refractivity contribution in [3.63, 3.8) is 0 Å². The second-order valence-corrected chi connectivity index (χ2v) is 9.15. The van der Waals surface area contributed by atoms with E-state index >= 15 is 0 Å². The van der Waals surface area contributed by atoms with Gasteiger partial charge in [-0.3, -0.25) is 4.79 Å². The first-order chi connectivity index (χ1) is 15.7. The fourth-order valence-electron chi connectivity index (χ4n) is 3.82. The van der Waals surface area contributed by atoms with E-state index in [2.05, 4.69) is 5.32 Å². The summed E-state index contributed by atoms with van der Waals surface area (Å²) >= 11 is 1.75. The van der Waals surface area contributed by atoms with Crippen LogP contribution in [0.15, 0.2) is 0 Å². The average molecular weight is 500 g/mol. The Kier molecular flexibility index (Phi) is 12.2. The zero-order valence-corrected chi connectivity index (χ0v) is 19.7. The molecule has 0 bridgehead atoms. The molecule has 10 atom stereocenters.